The van der Waals surface area contributed by atoms with Gasteiger partial charge in [-0.25, -0.2) is 0 Å². The molecule has 0 bridgehead atoms. The van der Waals surface area contributed by atoms with Crippen LogP contribution >= 0.6 is 0 Å². The summed E-state index contributed by atoms with van der Waals surface area (Å²) in [6.45, 7) is 2.24. The van der Waals surface area contributed by atoms with Gasteiger partial charge in [0.1, 0.15) is 0 Å². The lowest BCUT2D eigenvalue weighted by molar-refractivity contribution is -0.137. The van der Waals surface area contributed by atoms with Gasteiger partial charge in [-0.1, -0.05) is 19.8 Å². The highest BCUT2D eigenvalue weighted by Gasteiger charge is 2.37. The van der Waals surface area contributed by atoms with E-state index in [2.05, 4.69) is 12.2 Å². The van der Waals surface area contributed by atoms with Gasteiger partial charge in [-0.05, 0) is 18.8 Å². The number of hydrogen-bond donors (Lipinski definition) is 3. The number of rotatable bonds is 4. The molecule has 16 heavy (non-hydrogen) atoms. The molecule has 0 aliphatic heterocycles. The molecule has 5 nitrogen and oxygen atoms in total. The van der Waals surface area contributed by atoms with Crippen LogP contribution in [0.1, 0.15) is 39.0 Å². The number of carboxylic acid groups (broad SMARTS) is 1. The number of carbonyl (C=O) groups excluding carboxylic acids is 1. The second-order valence-corrected chi connectivity index (χ2v) is 4.76. The number of nitrogens with one attached hydrogen (secondary N) is 1. The molecule has 4 N–H and O–H groups in total. The fourth-order valence-electron chi connectivity index (χ4n) is 2.26. The lowest BCUT2D eigenvalue weighted by Gasteiger charge is -2.35. The smallest absolute Gasteiger partial charge is 0.305 e. The summed E-state index contributed by atoms with van der Waals surface area (Å²) in [5.41, 5.74) is 5.25. The van der Waals surface area contributed by atoms with Crippen LogP contribution in [0.25, 0.3) is 0 Å². The summed E-state index contributed by atoms with van der Waals surface area (Å²) >= 11 is 0. The molecule has 0 aromatic rings. The van der Waals surface area contributed by atoms with Crippen LogP contribution in [0.3, 0.4) is 0 Å². The van der Waals surface area contributed by atoms with Gasteiger partial charge in [0.25, 0.3) is 0 Å². The van der Waals surface area contributed by atoms with Gasteiger partial charge in [-0.2, -0.15) is 0 Å². The second-order valence-electron chi connectivity index (χ2n) is 4.76. The summed E-state index contributed by atoms with van der Waals surface area (Å²) in [4.78, 5) is 22.1. The average molecular weight is 228 g/mol. The maximum absolute atomic E-state index is 11.8. The van der Waals surface area contributed by atoms with E-state index in [4.69, 9.17) is 10.8 Å². The third-order valence-corrected chi connectivity index (χ3v) is 3.11. The molecule has 1 rings (SSSR count). The number of aliphatic carboxylic acids is 1. The van der Waals surface area contributed by atoms with Gasteiger partial charge in [0.05, 0.1) is 12.0 Å². The molecule has 1 saturated carbocycles. The molecule has 0 aromatic heterocycles. The molecule has 0 heterocycles. The van der Waals surface area contributed by atoms with E-state index in [0.29, 0.717) is 18.8 Å². The van der Waals surface area contributed by atoms with E-state index in [0.717, 1.165) is 12.8 Å². The summed E-state index contributed by atoms with van der Waals surface area (Å²) in [5, 5.41) is 11.1. The maximum atomic E-state index is 11.8. The van der Waals surface area contributed by atoms with Crippen molar-refractivity contribution in [3.05, 3.63) is 0 Å². The van der Waals surface area contributed by atoms with Crippen molar-refractivity contribution in [3.63, 3.8) is 0 Å². The van der Waals surface area contributed by atoms with Gasteiger partial charge in [0.2, 0.25) is 5.91 Å². The fourth-order valence-corrected chi connectivity index (χ4v) is 2.26. The first-order valence-corrected chi connectivity index (χ1v) is 5.73. The predicted octanol–water partition coefficient (Wildman–Crippen LogP) is 0.485. The van der Waals surface area contributed by atoms with Gasteiger partial charge >= 0.3 is 5.97 Å². The SMILES string of the molecule is CC1CCCC(N)(C(=O)NCCC(=O)O)C1. The van der Waals surface area contributed by atoms with Gasteiger partial charge in [-0.3, -0.25) is 9.59 Å². The molecule has 0 radical (unpaired) electrons. The topological polar surface area (TPSA) is 92.4 Å². The minimum absolute atomic E-state index is 0.0582. The molecular formula is C11H20N2O3. The first-order chi connectivity index (χ1) is 7.44. The van der Waals surface area contributed by atoms with E-state index < -0.39 is 11.5 Å². The predicted molar refractivity (Wildman–Crippen MR) is 59.8 cm³/mol. The molecule has 1 aliphatic carbocycles. The molecule has 0 saturated heterocycles. The summed E-state index contributed by atoms with van der Waals surface area (Å²) in [5.74, 6) is -0.660. The number of carbonyl (C=O) groups is 2. The van der Waals surface area contributed by atoms with Gasteiger partial charge in [0, 0.05) is 6.54 Å². The molecular weight excluding hydrogens is 208 g/mol. The molecule has 1 aliphatic rings. The first kappa shape index (κ1) is 13.0. The maximum Gasteiger partial charge on any atom is 0.305 e. The highest BCUT2D eigenvalue weighted by molar-refractivity contribution is 5.86. The summed E-state index contributed by atoms with van der Waals surface area (Å²) in [6, 6.07) is 0. The molecule has 1 amide bonds. The monoisotopic (exact) mass is 228 g/mol. The minimum Gasteiger partial charge on any atom is -0.481 e. The largest absolute Gasteiger partial charge is 0.481 e. The quantitative estimate of drug-likeness (QED) is 0.652. The minimum atomic E-state index is -0.914. The molecule has 2 atom stereocenters. The van der Waals surface area contributed by atoms with Crippen LogP contribution in [0.5, 0.6) is 0 Å². The Labute approximate surface area is 95.4 Å². The standard InChI is InChI=1S/C11H20N2O3/c1-8-3-2-5-11(12,7-8)10(16)13-6-4-9(14)15/h8H,2-7,12H2,1H3,(H,13,16)(H,14,15). The number of nitrogens with two attached hydrogens (primary N) is 1. The molecule has 2 unspecified atom stereocenters. The Kier molecular flexibility index (Phi) is 4.29. The van der Waals surface area contributed by atoms with E-state index in [-0.39, 0.29) is 18.9 Å². The number of hydrogen-bond acceptors (Lipinski definition) is 3. The number of carboxylic acids is 1. The summed E-state index contributed by atoms with van der Waals surface area (Å²) in [7, 11) is 0. The van der Waals surface area contributed by atoms with Crippen molar-refractivity contribution in [2.45, 2.75) is 44.6 Å². The third kappa shape index (κ3) is 3.48. The zero-order chi connectivity index (χ0) is 12.2. The van der Waals surface area contributed by atoms with Crippen LogP contribution in [0, 0.1) is 5.92 Å². The molecule has 0 aromatic carbocycles. The Hall–Kier alpha value is -1.10. The molecule has 1 fully saturated rings. The van der Waals surface area contributed by atoms with Crippen molar-refractivity contribution >= 4 is 11.9 Å². The van der Waals surface area contributed by atoms with Crippen LogP contribution in [-0.4, -0.2) is 29.1 Å². The van der Waals surface area contributed by atoms with Gasteiger partial charge < -0.3 is 16.2 Å². The highest BCUT2D eigenvalue weighted by Crippen LogP contribution is 2.30. The van der Waals surface area contributed by atoms with Crippen molar-refractivity contribution in [2.75, 3.05) is 6.54 Å². The van der Waals surface area contributed by atoms with E-state index >= 15 is 0 Å². The third-order valence-electron chi connectivity index (χ3n) is 3.11. The molecule has 0 spiro atoms. The molecule has 92 valence electrons. The lowest BCUT2D eigenvalue weighted by Crippen LogP contribution is -2.56. The van der Waals surface area contributed by atoms with Crippen LogP contribution in [0.2, 0.25) is 0 Å². The lowest BCUT2D eigenvalue weighted by atomic mass is 9.76. The van der Waals surface area contributed by atoms with E-state index in [9.17, 15) is 9.59 Å². The fraction of sp³-hybridized carbons (Fsp3) is 0.818. The van der Waals surface area contributed by atoms with Crippen molar-refractivity contribution in [1.29, 1.82) is 0 Å². The van der Waals surface area contributed by atoms with Crippen LogP contribution in [-0.2, 0) is 9.59 Å². The normalized spacial score (nSPS) is 29.8. The Bertz CT molecular complexity index is 280. The van der Waals surface area contributed by atoms with Crippen LogP contribution < -0.4 is 11.1 Å². The van der Waals surface area contributed by atoms with Crippen molar-refractivity contribution in [2.24, 2.45) is 11.7 Å². The van der Waals surface area contributed by atoms with Crippen LogP contribution in [0.15, 0.2) is 0 Å². The van der Waals surface area contributed by atoms with E-state index in [1.54, 1.807) is 0 Å². The Morgan fingerprint density at radius 3 is 2.81 bits per heavy atom. The van der Waals surface area contributed by atoms with Crippen molar-refractivity contribution < 1.29 is 14.7 Å². The first-order valence-electron chi connectivity index (χ1n) is 5.73. The Morgan fingerprint density at radius 1 is 1.56 bits per heavy atom. The molecule has 5 heteroatoms. The van der Waals surface area contributed by atoms with Crippen molar-refractivity contribution in [1.82, 2.24) is 5.32 Å². The van der Waals surface area contributed by atoms with Crippen molar-refractivity contribution in [3.8, 4) is 0 Å². The van der Waals surface area contributed by atoms with Gasteiger partial charge in [0.15, 0.2) is 0 Å². The van der Waals surface area contributed by atoms with E-state index in [1.165, 1.54) is 0 Å². The average Bonchev–Trinajstić information content (AvgIpc) is 2.16. The second kappa shape index (κ2) is 5.30. The van der Waals surface area contributed by atoms with E-state index in [1.807, 2.05) is 0 Å². The zero-order valence-corrected chi connectivity index (χ0v) is 9.66. The van der Waals surface area contributed by atoms with Gasteiger partial charge in [-0.15, -0.1) is 0 Å². The summed E-state index contributed by atoms with van der Waals surface area (Å²) in [6.07, 6.45) is 3.39. The summed E-state index contributed by atoms with van der Waals surface area (Å²) < 4.78 is 0. The van der Waals surface area contributed by atoms with Crippen LogP contribution in [0.4, 0.5) is 0 Å². The Balaban J connectivity index is 2.42. The zero-order valence-electron chi connectivity index (χ0n) is 9.66. The highest BCUT2D eigenvalue weighted by atomic mass is 16.4. The Morgan fingerprint density at radius 2 is 2.25 bits per heavy atom. The number of amides is 1.